The van der Waals surface area contributed by atoms with Crippen molar-refractivity contribution in [2.45, 2.75) is 13.5 Å². The van der Waals surface area contributed by atoms with Crippen molar-refractivity contribution in [2.24, 2.45) is 0 Å². The lowest BCUT2D eigenvalue weighted by Gasteiger charge is -1.98. The van der Waals surface area contributed by atoms with E-state index >= 15 is 0 Å². The fourth-order valence-corrected chi connectivity index (χ4v) is 1.80. The number of aromatic nitrogens is 3. The lowest BCUT2D eigenvalue weighted by Crippen LogP contribution is -2.09. The third-order valence-electron chi connectivity index (χ3n) is 2.08. The average Bonchev–Trinajstić information content (AvgIpc) is 2.44. The van der Waals surface area contributed by atoms with Crippen molar-refractivity contribution >= 4 is 28.5 Å². The van der Waals surface area contributed by atoms with Crippen LogP contribution in [0.5, 0.6) is 0 Å². The van der Waals surface area contributed by atoms with Crippen LogP contribution < -0.4 is 0 Å². The number of nitrogens with zero attached hydrogens (tertiary/aromatic N) is 3. The largest absolute Gasteiger partial charge is 0.480 e. The summed E-state index contributed by atoms with van der Waals surface area (Å²) in [5.41, 5.74) is 1.37. The Balaban J connectivity index is 2.68. The van der Waals surface area contributed by atoms with Gasteiger partial charge in [-0.1, -0.05) is 11.6 Å². The first kappa shape index (κ1) is 9.92. The molecule has 0 fully saturated rings. The van der Waals surface area contributed by atoms with Gasteiger partial charge in [0.15, 0.2) is 0 Å². The topological polar surface area (TPSA) is 68.0 Å². The number of pyridine rings is 1. The number of fused-ring (bicyclic) bond motifs is 1. The van der Waals surface area contributed by atoms with Gasteiger partial charge in [-0.05, 0) is 13.0 Å². The molecule has 2 rings (SSSR count). The molecule has 0 radical (unpaired) electrons. The Morgan fingerprint density at radius 3 is 3.07 bits per heavy atom. The van der Waals surface area contributed by atoms with Crippen molar-refractivity contribution in [3.63, 3.8) is 0 Å². The summed E-state index contributed by atoms with van der Waals surface area (Å²) >= 11 is 5.90. The molecule has 5 nitrogen and oxygen atoms in total. The lowest BCUT2D eigenvalue weighted by atomic mass is 10.3. The number of rotatable bonds is 2. The summed E-state index contributed by atoms with van der Waals surface area (Å²) in [6.45, 7) is 1.60. The number of aliphatic carboxylic acids is 1. The number of aryl methyl sites for hydroxylation is 1. The highest BCUT2D eigenvalue weighted by molar-refractivity contribution is 6.34. The van der Waals surface area contributed by atoms with Crippen LogP contribution >= 0.6 is 11.6 Å². The number of carboxylic acid groups (broad SMARTS) is 1. The molecular weight excluding hydrogens is 218 g/mol. The molecular formula is C9H8ClN3O2. The maximum absolute atomic E-state index is 10.6. The van der Waals surface area contributed by atoms with Crippen LogP contribution in [0.4, 0.5) is 0 Å². The first-order valence-electron chi connectivity index (χ1n) is 4.29. The molecule has 1 N–H and O–H groups in total. The maximum atomic E-state index is 10.6. The zero-order chi connectivity index (χ0) is 11.0. The molecule has 78 valence electrons. The second kappa shape index (κ2) is 3.51. The van der Waals surface area contributed by atoms with Gasteiger partial charge in [0.05, 0.1) is 16.6 Å². The minimum Gasteiger partial charge on any atom is -0.480 e. The van der Waals surface area contributed by atoms with E-state index in [-0.39, 0.29) is 6.54 Å². The number of halogens is 1. The Bertz CT molecular complexity index is 535. The van der Waals surface area contributed by atoms with Crippen LogP contribution in [0.1, 0.15) is 5.69 Å². The molecule has 0 saturated heterocycles. The minimum absolute atomic E-state index is 0.176. The highest BCUT2D eigenvalue weighted by Gasteiger charge is 2.12. The Kier molecular flexibility index (Phi) is 2.32. The highest BCUT2D eigenvalue weighted by Crippen LogP contribution is 2.23. The Morgan fingerprint density at radius 2 is 2.40 bits per heavy atom. The number of hydrogen-bond donors (Lipinski definition) is 1. The number of hydrogen-bond acceptors (Lipinski definition) is 3. The van der Waals surface area contributed by atoms with E-state index in [0.717, 1.165) is 0 Å². The summed E-state index contributed by atoms with van der Waals surface area (Å²) in [6.07, 6.45) is 1.53. The van der Waals surface area contributed by atoms with Crippen LogP contribution in [-0.2, 0) is 11.3 Å². The van der Waals surface area contributed by atoms with E-state index in [2.05, 4.69) is 10.1 Å². The van der Waals surface area contributed by atoms with E-state index in [1.807, 2.05) is 0 Å². The summed E-state index contributed by atoms with van der Waals surface area (Å²) in [5.74, 6) is -0.938. The summed E-state index contributed by atoms with van der Waals surface area (Å²) in [5, 5.41) is 13.9. The molecule has 0 aromatic carbocycles. The first-order chi connectivity index (χ1) is 7.09. The molecule has 15 heavy (non-hydrogen) atoms. The van der Waals surface area contributed by atoms with Crippen molar-refractivity contribution in [3.8, 4) is 0 Å². The van der Waals surface area contributed by atoms with Crippen LogP contribution in [0, 0.1) is 6.92 Å². The van der Waals surface area contributed by atoms with Crippen molar-refractivity contribution < 1.29 is 9.90 Å². The molecule has 0 aliphatic heterocycles. The van der Waals surface area contributed by atoms with Crippen molar-refractivity contribution in [2.75, 3.05) is 0 Å². The summed E-state index contributed by atoms with van der Waals surface area (Å²) in [4.78, 5) is 14.5. The summed E-state index contributed by atoms with van der Waals surface area (Å²) < 4.78 is 1.40. The van der Waals surface area contributed by atoms with Gasteiger partial charge in [-0.15, -0.1) is 0 Å². The Labute approximate surface area is 90.3 Å². The zero-order valence-corrected chi connectivity index (χ0v) is 8.69. The minimum atomic E-state index is -0.938. The predicted molar refractivity (Wildman–Crippen MR) is 54.9 cm³/mol. The van der Waals surface area contributed by atoms with Gasteiger partial charge in [0.1, 0.15) is 11.7 Å². The molecule has 0 spiro atoms. The smallest absolute Gasteiger partial charge is 0.325 e. The molecule has 0 unspecified atom stereocenters. The van der Waals surface area contributed by atoms with Gasteiger partial charge in [0.25, 0.3) is 0 Å². The van der Waals surface area contributed by atoms with Gasteiger partial charge in [-0.2, -0.15) is 5.10 Å². The summed E-state index contributed by atoms with van der Waals surface area (Å²) in [7, 11) is 0. The molecule has 6 heteroatoms. The van der Waals surface area contributed by atoms with Crippen LogP contribution in [-0.4, -0.2) is 25.8 Å². The zero-order valence-electron chi connectivity index (χ0n) is 7.94. The summed E-state index contributed by atoms with van der Waals surface area (Å²) in [6, 6.07) is 1.70. The van der Waals surface area contributed by atoms with Gasteiger partial charge in [0, 0.05) is 6.20 Å². The second-order valence-electron chi connectivity index (χ2n) is 3.13. The molecule has 0 aliphatic carbocycles. The Morgan fingerprint density at radius 1 is 1.67 bits per heavy atom. The monoisotopic (exact) mass is 225 g/mol. The van der Waals surface area contributed by atoms with Crippen molar-refractivity contribution in [1.29, 1.82) is 0 Å². The van der Waals surface area contributed by atoms with E-state index in [1.54, 1.807) is 13.0 Å². The normalized spacial score (nSPS) is 10.8. The fourth-order valence-electron chi connectivity index (χ4n) is 1.51. The van der Waals surface area contributed by atoms with E-state index < -0.39 is 5.97 Å². The van der Waals surface area contributed by atoms with Crippen LogP contribution in [0.2, 0.25) is 5.15 Å². The van der Waals surface area contributed by atoms with Crippen LogP contribution in [0.15, 0.2) is 12.3 Å². The van der Waals surface area contributed by atoms with E-state index in [1.165, 1.54) is 10.9 Å². The van der Waals surface area contributed by atoms with Gasteiger partial charge < -0.3 is 5.11 Å². The maximum Gasteiger partial charge on any atom is 0.325 e. The van der Waals surface area contributed by atoms with Crippen molar-refractivity contribution in [1.82, 2.24) is 14.8 Å². The number of carboxylic acids is 1. The molecule has 2 heterocycles. The molecule has 0 atom stereocenters. The molecule has 0 aliphatic rings. The molecule has 0 amide bonds. The van der Waals surface area contributed by atoms with Gasteiger partial charge in [0.2, 0.25) is 0 Å². The highest BCUT2D eigenvalue weighted by atomic mass is 35.5. The lowest BCUT2D eigenvalue weighted by molar-refractivity contribution is -0.137. The Hall–Kier alpha value is -1.62. The van der Waals surface area contributed by atoms with Gasteiger partial charge in [-0.25, -0.2) is 4.98 Å². The molecule has 0 saturated carbocycles. The average molecular weight is 226 g/mol. The van der Waals surface area contributed by atoms with Gasteiger partial charge in [-0.3, -0.25) is 9.48 Å². The quantitative estimate of drug-likeness (QED) is 0.786. The van der Waals surface area contributed by atoms with Gasteiger partial charge >= 0.3 is 5.97 Å². The van der Waals surface area contributed by atoms with Crippen LogP contribution in [0.3, 0.4) is 0 Å². The third kappa shape index (κ3) is 1.66. The molecule has 2 aromatic rings. The molecule has 0 bridgehead atoms. The standard InChI is InChI=1S/C9H8ClN3O2/c1-5-8-6(2-3-11-9(8)10)13(12-5)4-7(14)15/h2-3H,4H2,1H3,(H,14,15). The van der Waals surface area contributed by atoms with E-state index in [0.29, 0.717) is 21.7 Å². The predicted octanol–water partition coefficient (Wildman–Crippen LogP) is 1.48. The van der Waals surface area contributed by atoms with Crippen molar-refractivity contribution in [3.05, 3.63) is 23.1 Å². The number of carbonyl (C=O) groups is 1. The second-order valence-corrected chi connectivity index (χ2v) is 3.49. The van der Waals surface area contributed by atoms with Crippen LogP contribution in [0.25, 0.3) is 10.9 Å². The fraction of sp³-hybridized carbons (Fsp3) is 0.222. The SMILES string of the molecule is Cc1nn(CC(=O)O)c2ccnc(Cl)c12. The third-order valence-corrected chi connectivity index (χ3v) is 2.36. The first-order valence-corrected chi connectivity index (χ1v) is 4.67. The van der Waals surface area contributed by atoms with E-state index in [9.17, 15) is 4.79 Å². The van der Waals surface area contributed by atoms with E-state index in [4.69, 9.17) is 16.7 Å². The molecule has 2 aromatic heterocycles.